The molecule has 1 heterocycles. The highest BCUT2D eigenvalue weighted by Gasteiger charge is 2.16. The molecule has 0 aliphatic rings. The predicted octanol–water partition coefficient (Wildman–Crippen LogP) is 7.31. The first-order chi connectivity index (χ1) is 9.52. The van der Waals surface area contributed by atoms with Crippen LogP contribution in [0.25, 0.3) is 0 Å². The molecular formula is C14H12Br4OS. The lowest BCUT2D eigenvalue weighted by molar-refractivity contribution is 0.315. The molecule has 20 heavy (non-hydrogen) atoms. The summed E-state index contributed by atoms with van der Waals surface area (Å²) in [6.45, 7) is 2.84. The minimum absolute atomic E-state index is 0.173. The lowest BCUT2D eigenvalue weighted by atomic mass is 10.1. The summed E-state index contributed by atoms with van der Waals surface area (Å²) in [4.78, 5) is 1.42. The zero-order valence-corrected chi connectivity index (χ0v) is 17.8. The number of ether oxygens (including phenoxy) is 1. The normalized spacial score (nSPS) is 12.4. The molecule has 0 spiro atoms. The van der Waals surface area contributed by atoms with Gasteiger partial charge in [-0.3, -0.25) is 0 Å². The van der Waals surface area contributed by atoms with Crippen LogP contribution in [-0.2, 0) is 0 Å². The van der Waals surface area contributed by atoms with Gasteiger partial charge in [0.2, 0.25) is 0 Å². The van der Waals surface area contributed by atoms with Gasteiger partial charge in [-0.05, 0) is 78.0 Å². The SMILES string of the molecule is CCCOc1ccc(C(Br)c2cc(Br)c(Br)s2)cc1Br. The molecule has 0 N–H and O–H groups in total. The summed E-state index contributed by atoms with van der Waals surface area (Å²) in [5.41, 5.74) is 1.20. The van der Waals surface area contributed by atoms with Crippen molar-refractivity contribution in [3.63, 3.8) is 0 Å². The number of thiophene rings is 1. The highest BCUT2D eigenvalue weighted by Crippen LogP contribution is 2.42. The molecule has 1 unspecified atom stereocenters. The van der Waals surface area contributed by atoms with E-state index in [0.717, 1.165) is 31.5 Å². The van der Waals surface area contributed by atoms with Crippen molar-refractivity contribution in [1.82, 2.24) is 0 Å². The van der Waals surface area contributed by atoms with Crippen LogP contribution >= 0.6 is 75.1 Å². The molecule has 0 amide bonds. The van der Waals surface area contributed by atoms with Crippen molar-refractivity contribution in [3.05, 3.63) is 47.4 Å². The Balaban J connectivity index is 2.22. The van der Waals surface area contributed by atoms with Gasteiger partial charge in [0.05, 0.1) is 19.7 Å². The molecular weight excluding hydrogens is 536 g/mol. The largest absolute Gasteiger partial charge is 0.492 e. The summed E-state index contributed by atoms with van der Waals surface area (Å²) in [7, 11) is 0. The molecule has 2 rings (SSSR count). The lowest BCUT2D eigenvalue weighted by Gasteiger charge is -2.12. The van der Waals surface area contributed by atoms with E-state index in [1.807, 2.05) is 6.07 Å². The monoisotopic (exact) mass is 544 g/mol. The Hall–Kier alpha value is 0.640. The molecule has 0 aliphatic carbocycles. The van der Waals surface area contributed by atoms with Gasteiger partial charge in [-0.15, -0.1) is 11.3 Å². The molecule has 1 aromatic carbocycles. The van der Waals surface area contributed by atoms with E-state index >= 15 is 0 Å². The Labute approximate surface area is 156 Å². The lowest BCUT2D eigenvalue weighted by Crippen LogP contribution is -1.97. The van der Waals surface area contributed by atoms with Gasteiger partial charge in [0.1, 0.15) is 5.75 Å². The van der Waals surface area contributed by atoms with Crippen molar-refractivity contribution in [1.29, 1.82) is 0 Å². The van der Waals surface area contributed by atoms with Gasteiger partial charge in [0.15, 0.2) is 0 Å². The van der Waals surface area contributed by atoms with Crippen LogP contribution in [0.4, 0.5) is 0 Å². The fourth-order valence-corrected chi connectivity index (χ4v) is 4.96. The van der Waals surface area contributed by atoms with Crippen molar-refractivity contribution >= 4 is 75.1 Å². The zero-order chi connectivity index (χ0) is 14.7. The number of hydrogen-bond acceptors (Lipinski definition) is 2. The van der Waals surface area contributed by atoms with Crippen LogP contribution < -0.4 is 4.74 Å². The van der Waals surface area contributed by atoms with Crippen LogP contribution in [0.5, 0.6) is 5.75 Å². The van der Waals surface area contributed by atoms with E-state index in [0.29, 0.717) is 0 Å². The Morgan fingerprint density at radius 1 is 1.15 bits per heavy atom. The Kier molecular flexibility index (Phi) is 6.60. The summed E-state index contributed by atoms with van der Waals surface area (Å²) in [5, 5.41) is 0. The maximum absolute atomic E-state index is 5.68. The van der Waals surface area contributed by atoms with Gasteiger partial charge in [-0.25, -0.2) is 0 Å². The quantitative estimate of drug-likeness (QED) is 0.357. The standard InChI is InChI=1S/C14H12Br4OS/c1-2-5-19-11-4-3-8(6-9(11)15)13(17)12-7-10(16)14(18)20-12/h3-4,6-7,13H,2,5H2,1H3. The number of alkyl halides is 1. The van der Waals surface area contributed by atoms with Gasteiger partial charge in [0, 0.05) is 9.35 Å². The molecule has 2 aromatic rings. The topological polar surface area (TPSA) is 9.23 Å². The molecule has 0 saturated carbocycles. The second-order valence-corrected chi connectivity index (χ2v) is 9.20. The minimum atomic E-state index is 0.173. The van der Waals surface area contributed by atoms with E-state index in [9.17, 15) is 0 Å². The summed E-state index contributed by atoms with van der Waals surface area (Å²) >= 11 is 16.1. The molecule has 0 saturated heterocycles. The molecule has 0 radical (unpaired) electrons. The third kappa shape index (κ3) is 4.09. The van der Waals surface area contributed by atoms with Crippen molar-refractivity contribution in [2.75, 3.05) is 6.61 Å². The van der Waals surface area contributed by atoms with Crippen LogP contribution in [0.1, 0.15) is 28.6 Å². The van der Waals surface area contributed by atoms with Crippen LogP contribution in [-0.4, -0.2) is 6.61 Å². The van der Waals surface area contributed by atoms with E-state index in [1.165, 1.54) is 10.4 Å². The Morgan fingerprint density at radius 2 is 1.90 bits per heavy atom. The van der Waals surface area contributed by atoms with Crippen molar-refractivity contribution in [2.45, 2.75) is 18.2 Å². The van der Waals surface area contributed by atoms with E-state index in [-0.39, 0.29) is 4.83 Å². The van der Waals surface area contributed by atoms with Crippen LogP contribution in [0.3, 0.4) is 0 Å². The van der Waals surface area contributed by atoms with Crippen LogP contribution in [0.15, 0.2) is 37.0 Å². The molecule has 0 fully saturated rings. The second kappa shape index (κ2) is 7.77. The molecule has 6 heteroatoms. The third-order valence-electron chi connectivity index (χ3n) is 2.62. The third-order valence-corrected chi connectivity index (χ3v) is 7.89. The Bertz CT molecular complexity index is 577. The van der Waals surface area contributed by atoms with Gasteiger partial charge in [0.25, 0.3) is 0 Å². The molecule has 1 nitrogen and oxygen atoms in total. The van der Waals surface area contributed by atoms with Crippen molar-refractivity contribution in [3.8, 4) is 5.75 Å². The smallest absolute Gasteiger partial charge is 0.133 e. The second-order valence-electron chi connectivity index (χ2n) is 4.17. The average molecular weight is 548 g/mol. The summed E-state index contributed by atoms with van der Waals surface area (Å²) < 4.78 is 8.86. The minimum Gasteiger partial charge on any atom is -0.492 e. The van der Waals surface area contributed by atoms with E-state index < -0.39 is 0 Å². The summed E-state index contributed by atoms with van der Waals surface area (Å²) in [6, 6.07) is 8.34. The molecule has 1 atom stereocenters. The number of benzene rings is 1. The number of hydrogen-bond donors (Lipinski definition) is 0. The van der Waals surface area contributed by atoms with E-state index in [2.05, 4.69) is 88.8 Å². The maximum atomic E-state index is 5.68. The van der Waals surface area contributed by atoms with Gasteiger partial charge in [-0.1, -0.05) is 28.9 Å². The fraction of sp³-hybridized carbons (Fsp3) is 0.286. The van der Waals surface area contributed by atoms with Crippen molar-refractivity contribution < 1.29 is 4.74 Å². The molecule has 1 aromatic heterocycles. The molecule has 108 valence electrons. The first-order valence-electron chi connectivity index (χ1n) is 6.04. The summed E-state index contributed by atoms with van der Waals surface area (Å²) in [5.74, 6) is 0.892. The highest BCUT2D eigenvalue weighted by molar-refractivity contribution is 9.13. The van der Waals surface area contributed by atoms with Crippen molar-refractivity contribution in [2.24, 2.45) is 0 Å². The molecule has 0 bridgehead atoms. The first kappa shape index (κ1) is 17.0. The molecule has 0 aliphatic heterocycles. The maximum Gasteiger partial charge on any atom is 0.133 e. The Morgan fingerprint density at radius 3 is 2.45 bits per heavy atom. The number of rotatable bonds is 5. The van der Waals surface area contributed by atoms with Gasteiger partial charge >= 0.3 is 0 Å². The van der Waals surface area contributed by atoms with Crippen LogP contribution in [0.2, 0.25) is 0 Å². The number of halogens is 4. The fourth-order valence-electron chi connectivity index (χ4n) is 1.66. The van der Waals surface area contributed by atoms with E-state index in [1.54, 1.807) is 11.3 Å². The first-order valence-corrected chi connectivity index (χ1v) is 10.1. The predicted molar refractivity (Wildman–Crippen MR) is 100 cm³/mol. The highest BCUT2D eigenvalue weighted by atomic mass is 79.9. The van der Waals surface area contributed by atoms with Crippen LogP contribution in [0, 0.1) is 0 Å². The van der Waals surface area contributed by atoms with E-state index in [4.69, 9.17) is 4.74 Å². The average Bonchev–Trinajstić information content (AvgIpc) is 2.76. The summed E-state index contributed by atoms with van der Waals surface area (Å²) in [6.07, 6.45) is 1.01. The van der Waals surface area contributed by atoms with Gasteiger partial charge in [-0.2, -0.15) is 0 Å². The zero-order valence-electron chi connectivity index (χ0n) is 10.6. The van der Waals surface area contributed by atoms with Gasteiger partial charge < -0.3 is 4.74 Å².